The second-order valence-electron chi connectivity index (χ2n) is 4.96. The average molecular weight is 253 g/mol. The van der Waals surface area contributed by atoms with E-state index >= 15 is 0 Å². The minimum atomic E-state index is -0.525. The molecule has 0 aliphatic heterocycles. The van der Waals surface area contributed by atoms with E-state index in [1.807, 2.05) is 0 Å². The number of aromatic nitrogens is 2. The van der Waals surface area contributed by atoms with E-state index in [-0.39, 0.29) is 5.56 Å². The molecule has 0 aliphatic rings. The van der Waals surface area contributed by atoms with Gasteiger partial charge in [0.25, 0.3) is 5.56 Å². The summed E-state index contributed by atoms with van der Waals surface area (Å²) in [6.07, 6.45) is -0.497. The number of nitrogens with one attached hydrogen (secondary N) is 1. The number of rotatable bonds is 3. The van der Waals surface area contributed by atoms with E-state index in [0.29, 0.717) is 13.1 Å². The van der Waals surface area contributed by atoms with E-state index in [1.165, 1.54) is 10.7 Å². The molecule has 0 fully saturated rings. The van der Waals surface area contributed by atoms with Crippen LogP contribution in [0.5, 0.6) is 0 Å². The lowest BCUT2D eigenvalue weighted by Gasteiger charge is -2.19. The number of carbonyl (C=O) groups is 1. The molecule has 1 heterocycles. The van der Waals surface area contributed by atoms with Crippen molar-refractivity contribution in [3.8, 4) is 0 Å². The number of alkyl carbamates (subject to hydrolysis) is 1. The zero-order chi connectivity index (χ0) is 13.8. The molecule has 0 spiro atoms. The maximum atomic E-state index is 11.4. The first-order valence-electron chi connectivity index (χ1n) is 5.79. The van der Waals surface area contributed by atoms with Crippen molar-refractivity contribution in [2.45, 2.75) is 39.8 Å². The van der Waals surface area contributed by atoms with Crippen LogP contribution in [-0.2, 0) is 11.3 Å². The highest BCUT2D eigenvalue weighted by atomic mass is 16.6. The van der Waals surface area contributed by atoms with Gasteiger partial charge in [0.05, 0.1) is 12.2 Å². The van der Waals surface area contributed by atoms with Crippen LogP contribution in [0.15, 0.2) is 16.9 Å². The maximum Gasteiger partial charge on any atom is 0.407 e. The van der Waals surface area contributed by atoms with E-state index in [0.717, 1.165) is 5.69 Å². The molecule has 0 aliphatic carbocycles. The first-order valence-corrected chi connectivity index (χ1v) is 5.79. The molecule has 1 amide bonds. The van der Waals surface area contributed by atoms with Crippen molar-refractivity contribution in [3.05, 3.63) is 28.2 Å². The Kier molecular flexibility index (Phi) is 4.47. The first kappa shape index (κ1) is 14.2. The molecule has 0 saturated carbocycles. The zero-order valence-electron chi connectivity index (χ0n) is 11.2. The third kappa shape index (κ3) is 4.99. The van der Waals surface area contributed by atoms with Gasteiger partial charge in [0.1, 0.15) is 5.60 Å². The Morgan fingerprint density at radius 1 is 1.44 bits per heavy atom. The minimum Gasteiger partial charge on any atom is -0.444 e. The number of amides is 1. The van der Waals surface area contributed by atoms with E-state index in [1.54, 1.807) is 33.8 Å². The third-order valence-corrected chi connectivity index (χ3v) is 1.99. The van der Waals surface area contributed by atoms with E-state index in [4.69, 9.17) is 4.74 Å². The molecule has 1 aromatic heterocycles. The Morgan fingerprint density at radius 2 is 2.11 bits per heavy atom. The maximum absolute atomic E-state index is 11.4. The van der Waals surface area contributed by atoms with Gasteiger partial charge >= 0.3 is 6.09 Å². The van der Waals surface area contributed by atoms with Gasteiger partial charge < -0.3 is 10.1 Å². The summed E-state index contributed by atoms with van der Waals surface area (Å²) >= 11 is 0. The lowest BCUT2D eigenvalue weighted by atomic mass is 10.2. The summed E-state index contributed by atoms with van der Waals surface area (Å²) in [5.74, 6) is 0. The van der Waals surface area contributed by atoms with Crippen molar-refractivity contribution in [2.75, 3.05) is 6.54 Å². The molecule has 0 unspecified atom stereocenters. The predicted octanol–water partition coefficient (Wildman–Crippen LogP) is 1.08. The van der Waals surface area contributed by atoms with Gasteiger partial charge in [0.15, 0.2) is 0 Å². The fourth-order valence-electron chi connectivity index (χ4n) is 1.29. The van der Waals surface area contributed by atoms with Gasteiger partial charge in [-0.25, -0.2) is 9.48 Å². The van der Waals surface area contributed by atoms with Crippen LogP contribution in [0.1, 0.15) is 26.5 Å². The second-order valence-corrected chi connectivity index (χ2v) is 4.96. The second kappa shape index (κ2) is 5.66. The van der Waals surface area contributed by atoms with Gasteiger partial charge in [-0.05, 0) is 33.8 Å². The molecule has 0 radical (unpaired) electrons. The van der Waals surface area contributed by atoms with Crippen molar-refractivity contribution in [1.82, 2.24) is 15.1 Å². The Morgan fingerprint density at radius 3 is 2.72 bits per heavy atom. The van der Waals surface area contributed by atoms with Crippen LogP contribution in [0.4, 0.5) is 4.79 Å². The number of hydrogen-bond donors (Lipinski definition) is 1. The lowest BCUT2D eigenvalue weighted by molar-refractivity contribution is 0.0525. The van der Waals surface area contributed by atoms with Gasteiger partial charge in [-0.1, -0.05) is 0 Å². The molecule has 1 aromatic rings. The summed E-state index contributed by atoms with van der Waals surface area (Å²) in [6, 6.07) is 3.11. The van der Waals surface area contributed by atoms with Crippen molar-refractivity contribution >= 4 is 6.09 Å². The normalized spacial score (nSPS) is 11.1. The van der Waals surface area contributed by atoms with Crippen LogP contribution >= 0.6 is 0 Å². The third-order valence-electron chi connectivity index (χ3n) is 1.99. The van der Waals surface area contributed by atoms with Crippen molar-refractivity contribution < 1.29 is 9.53 Å². The van der Waals surface area contributed by atoms with Gasteiger partial charge in [-0.15, -0.1) is 0 Å². The molecule has 1 N–H and O–H groups in total. The first-order chi connectivity index (χ1) is 8.28. The van der Waals surface area contributed by atoms with Crippen LogP contribution in [0, 0.1) is 6.92 Å². The monoisotopic (exact) mass is 253 g/mol. The Hall–Kier alpha value is -1.85. The summed E-state index contributed by atoms with van der Waals surface area (Å²) in [6.45, 7) is 7.79. The number of hydrogen-bond acceptors (Lipinski definition) is 4. The van der Waals surface area contributed by atoms with Crippen LogP contribution in [0.2, 0.25) is 0 Å². The molecule has 1 rings (SSSR count). The van der Waals surface area contributed by atoms with Crippen molar-refractivity contribution in [3.63, 3.8) is 0 Å². The number of aryl methyl sites for hydroxylation is 1. The number of ether oxygens (including phenoxy) is 1. The van der Waals surface area contributed by atoms with Gasteiger partial charge in [0.2, 0.25) is 0 Å². The highest BCUT2D eigenvalue weighted by molar-refractivity contribution is 5.67. The van der Waals surface area contributed by atoms with Crippen molar-refractivity contribution in [2.24, 2.45) is 0 Å². The summed E-state index contributed by atoms with van der Waals surface area (Å²) in [5.41, 5.74) is 0.0427. The van der Waals surface area contributed by atoms with Gasteiger partial charge in [-0.3, -0.25) is 4.79 Å². The van der Waals surface area contributed by atoms with E-state index < -0.39 is 11.7 Å². The highest BCUT2D eigenvalue weighted by Crippen LogP contribution is 2.06. The molecule has 0 aromatic carbocycles. The largest absolute Gasteiger partial charge is 0.444 e. The number of carbonyl (C=O) groups excluding carboxylic acids is 1. The minimum absolute atomic E-state index is 0.188. The summed E-state index contributed by atoms with van der Waals surface area (Å²) < 4.78 is 6.38. The summed E-state index contributed by atoms with van der Waals surface area (Å²) in [7, 11) is 0. The zero-order valence-corrected chi connectivity index (χ0v) is 11.2. The Balaban J connectivity index is 2.45. The molecule has 18 heavy (non-hydrogen) atoms. The van der Waals surface area contributed by atoms with Crippen LogP contribution in [0.25, 0.3) is 0 Å². The fraction of sp³-hybridized carbons (Fsp3) is 0.583. The predicted molar refractivity (Wildman–Crippen MR) is 67.5 cm³/mol. The summed E-state index contributed by atoms with van der Waals surface area (Å²) in [5, 5.41) is 6.63. The molecule has 6 heteroatoms. The van der Waals surface area contributed by atoms with E-state index in [9.17, 15) is 9.59 Å². The molecule has 0 atom stereocenters. The Labute approximate surface area is 106 Å². The van der Waals surface area contributed by atoms with Crippen LogP contribution in [0.3, 0.4) is 0 Å². The molecule has 0 bridgehead atoms. The highest BCUT2D eigenvalue weighted by Gasteiger charge is 2.15. The SMILES string of the molecule is Cc1ccc(=O)n(CCNC(=O)OC(C)(C)C)n1. The van der Waals surface area contributed by atoms with Crippen LogP contribution < -0.4 is 10.9 Å². The quantitative estimate of drug-likeness (QED) is 0.874. The fourth-order valence-corrected chi connectivity index (χ4v) is 1.29. The Bertz CT molecular complexity index is 474. The molecule has 100 valence electrons. The lowest BCUT2D eigenvalue weighted by Crippen LogP contribution is -2.36. The standard InChI is InChI=1S/C12H19N3O3/c1-9-5-6-10(16)15(14-9)8-7-13-11(17)18-12(2,3)4/h5-6H,7-8H2,1-4H3,(H,13,17). The van der Waals surface area contributed by atoms with Gasteiger partial charge in [0, 0.05) is 12.6 Å². The smallest absolute Gasteiger partial charge is 0.407 e. The van der Waals surface area contributed by atoms with Crippen molar-refractivity contribution in [1.29, 1.82) is 0 Å². The molecular weight excluding hydrogens is 234 g/mol. The molecule has 6 nitrogen and oxygen atoms in total. The molecule has 0 saturated heterocycles. The summed E-state index contributed by atoms with van der Waals surface area (Å²) in [4.78, 5) is 22.8. The average Bonchev–Trinajstić information content (AvgIpc) is 2.20. The van der Waals surface area contributed by atoms with E-state index in [2.05, 4.69) is 10.4 Å². The molecular formula is C12H19N3O3. The van der Waals surface area contributed by atoms with Gasteiger partial charge in [-0.2, -0.15) is 5.10 Å². The number of nitrogens with zero attached hydrogens (tertiary/aromatic N) is 2. The topological polar surface area (TPSA) is 73.2 Å². The van der Waals surface area contributed by atoms with Crippen LogP contribution in [-0.4, -0.2) is 28.0 Å².